The van der Waals surface area contributed by atoms with Gasteiger partial charge in [0.2, 0.25) is 0 Å². The van der Waals surface area contributed by atoms with E-state index < -0.39 is 0 Å². The van der Waals surface area contributed by atoms with Gasteiger partial charge in [-0.3, -0.25) is 0 Å². The lowest BCUT2D eigenvalue weighted by atomic mass is 9.82. The Kier molecular flexibility index (Phi) is 2.41. The fourth-order valence-corrected chi connectivity index (χ4v) is 3.27. The van der Waals surface area contributed by atoms with Crippen molar-refractivity contribution in [2.24, 2.45) is 0 Å². The molecule has 4 aromatic rings. The average molecular weight is 288 g/mol. The second kappa shape index (κ2) is 4.44. The molecule has 0 atom stereocenters. The molecule has 4 nitrogen and oxygen atoms in total. The van der Waals surface area contributed by atoms with Crippen LogP contribution in [-0.2, 0) is 0 Å². The van der Waals surface area contributed by atoms with Crippen LogP contribution in [0.2, 0.25) is 0 Å². The number of imidazole rings is 1. The van der Waals surface area contributed by atoms with Crippen molar-refractivity contribution in [3.8, 4) is 11.1 Å². The number of hydrogen-bond donors (Lipinski definition) is 1. The van der Waals surface area contributed by atoms with Crippen LogP contribution in [0.5, 0.6) is 0 Å². The van der Waals surface area contributed by atoms with E-state index in [2.05, 4.69) is 40.6 Å². The first-order chi connectivity index (χ1) is 10.9. The van der Waals surface area contributed by atoms with Crippen molar-refractivity contribution in [2.45, 2.75) is 25.2 Å². The Morgan fingerprint density at radius 3 is 2.95 bits per heavy atom. The van der Waals surface area contributed by atoms with Crippen molar-refractivity contribution in [2.75, 3.05) is 0 Å². The van der Waals surface area contributed by atoms with Crippen LogP contribution >= 0.6 is 0 Å². The van der Waals surface area contributed by atoms with Gasteiger partial charge in [0.15, 0.2) is 0 Å². The molecule has 0 spiro atoms. The summed E-state index contributed by atoms with van der Waals surface area (Å²) in [6.07, 6.45) is 11.9. The summed E-state index contributed by atoms with van der Waals surface area (Å²) in [6, 6.07) is 8.56. The summed E-state index contributed by atoms with van der Waals surface area (Å²) in [5.41, 5.74) is 5.56. The highest BCUT2D eigenvalue weighted by molar-refractivity contribution is 5.93. The number of hydrogen-bond acceptors (Lipinski definition) is 2. The number of nitrogens with one attached hydrogen (secondary N) is 1. The fourth-order valence-electron chi connectivity index (χ4n) is 3.27. The van der Waals surface area contributed by atoms with E-state index >= 15 is 0 Å². The summed E-state index contributed by atoms with van der Waals surface area (Å²) >= 11 is 0. The summed E-state index contributed by atoms with van der Waals surface area (Å²) in [7, 11) is 0. The largest absolute Gasteiger partial charge is 0.346 e. The Bertz CT molecular complexity index is 975. The predicted molar refractivity (Wildman–Crippen MR) is 86.9 cm³/mol. The standard InChI is InChI=1S/C18H16N4/c1-2-12(3-1)16-6-5-14-15(10-20-18(14)21-16)13-4-7-17-19-8-9-22(17)11-13/h4-12H,1-3H2,(H,20,21). The first kappa shape index (κ1) is 12.0. The molecule has 0 aromatic carbocycles. The Balaban J connectivity index is 1.64. The van der Waals surface area contributed by atoms with E-state index in [1.165, 1.54) is 41.5 Å². The highest BCUT2D eigenvalue weighted by Crippen LogP contribution is 2.37. The minimum absolute atomic E-state index is 0.665. The van der Waals surface area contributed by atoms with E-state index in [1.54, 1.807) is 0 Å². The zero-order valence-corrected chi connectivity index (χ0v) is 12.2. The van der Waals surface area contributed by atoms with Gasteiger partial charge in [0.1, 0.15) is 11.3 Å². The molecular formula is C18H16N4. The predicted octanol–water partition coefficient (Wildman–Crippen LogP) is 4.15. The van der Waals surface area contributed by atoms with Crippen molar-refractivity contribution in [3.05, 3.63) is 54.7 Å². The molecule has 4 aromatic heterocycles. The molecule has 5 rings (SSSR count). The molecule has 0 saturated heterocycles. The second-order valence-electron chi connectivity index (χ2n) is 6.07. The molecule has 1 saturated carbocycles. The van der Waals surface area contributed by atoms with Crippen LogP contribution in [0.1, 0.15) is 30.9 Å². The van der Waals surface area contributed by atoms with E-state index in [9.17, 15) is 0 Å². The Hall–Kier alpha value is -2.62. The van der Waals surface area contributed by atoms with Crippen LogP contribution < -0.4 is 0 Å². The van der Waals surface area contributed by atoms with Crippen LogP contribution in [0.25, 0.3) is 27.8 Å². The second-order valence-corrected chi connectivity index (χ2v) is 6.07. The summed E-state index contributed by atoms with van der Waals surface area (Å²) in [5.74, 6) is 0.665. The van der Waals surface area contributed by atoms with Crippen LogP contribution in [-0.4, -0.2) is 19.4 Å². The molecule has 1 aliphatic rings. The lowest BCUT2D eigenvalue weighted by molar-refractivity contribution is 0.412. The SMILES string of the molecule is c1cn2cc(-c3c[nH]c4nc(C5CCC5)ccc34)ccc2n1. The highest BCUT2D eigenvalue weighted by Gasteiger charge is 2.21. The first-order valence-electron chi connectivity index (χ1n) is 7.79. The number of fused-ring (bicyclic) bond motifs is 2. The summed E-state index contributed by atoms with van der Waals surface area (Å²) in [4.78, 5) is 12.5. The topological polar surface area (TPSA) is 46.0 Å². The maximum Gasteiger partial charge on any atom is 0.138 e. The van der Waals surface area contributed by atoms with Crippen molar-refractivity contribution in [1.29, 1.82) is 0 Å². The smallest absolute Gasteiger partial charge is 0.138 e. The van der Waals surface area contributed by atoms with Crippen molar-refractivity contribution >= 4 is 16.7 Å². The van der Waals surface area contributed by atoms with Gasteiger partial charge >= 0.3 is 0 Å². The minimum atomic E-state index is 0.665. The van der Waals surface area contributed by atoms with E-state index in [0.717, 1.165) is 11.3 Å². The van der Waals surface area contributed by atoms with Gasteiger partial charge in [0.25, 0.3) is 0 Å². The third-order valence-electron chi connectivity index (χ3n) is 4.78. The summed E-state index contributed by atoms with van der Waals surface area (Å²) in [5, 5.41) is 1.18. The van der Waals surface area contributed by atoms with Crippen LogP contribution in [0.4, 0.5) is 0 Å². The lowest BCUT2D eigenvalue weighted by Crippen LogP contribution is -2.10. The number of aromatic nitrogens is 4. The molecule has 1 N–H and O–H groups in total. The molecule has 0 bridgehead atoms. The van der Waals surface area contributed by atoms with Gasteiger partial charge in [-0.25, -0.2) is 9.97 Å². The minimum Gasteiger partial charge on any atom is -0.346 e. The van der Waals surface area contributed by atoms with Crippen LogP contribution in [0.3, 0.4) is 0 Å². The van der Waals surface area contributed by atoms with Gasteiger partial charge < -0.3 is 9.38 Å². The molecule has 0 amide bonds. The third kappa shape index (κ3) is 1.70. The molecule has 0 unspecified atom stereocenters. The molecule has 1 aliphatic carbocycles. The molecule has 1 fully saturated rings. The van der Waals surface area contributed by atoms with Gasteiger partial charge in [-0.05, 0) is 37.1 Å². The first-order valence-corrected chi connectivity index (χ1v) is 7.79. The van der Waals surface area contributed by atoms with Crippen molar-refractivity contribution in [3.63, 3.8) is 0 Å². The summed E-state index contributed by atoms with van der Waals surface area (Å²) < 4.78 is 2.05. The molecule has 108 valence electrons. The fraction of sp³-hybridized carbons (Fsp3) is 0.222. The van der Waals surface area contributed by atoms with E-state index in [1.807, 2.05) is 22.9 Å². The molecule has 0 aliphatic heterocycles. The van der Waals surface area contributed by atoms with E-state index in [4.69, 9.17) is 4.98 Å². The van der Waals surface area contributed by atoms with Crippen LogP contribution in [0.15, 0.2) is 49.1 Å². The maximum atomic E-state index is 4.82. The lowest BCUT2D eigenvalue weighted by Gasteiger charge is -2.24. The summed E-state index contributed by atoms with van der Waals surface area (Å²) in [6.45, 7) is 0. The highest BCUT2D eigenvalue weighted by atomic mass is 15.0. The zero-order chi connectivity index (χ0) is 14.5. The van der Waals surface area contributed by atoms with Gasteiger partial charge in [0, 0.05) is 52.9 Å². The third-order valence-corrected chi connectivity index (χ3v) is 4.78. The quantitative estimate of drug-likeness (QED) is 0.602. The van der Waals surface area contributed by atoms with Crippen molar-refractivity contribution in [1.82, 2.24) is 19.4 Å². The number of aromatic amines is 1. The molecule has 22 heavy (non-hydrogen) atoms. The number of H-pyrrole nitrogens is 1. The van der Waals surface area contributed by atoms with Crippen LogP contribution in [0, 0.1) is 0 Å². The van der Waals surface area contributed by atoms with Gasteiger partial charge in [-0.15, -0.1) is 0 Å². The number of pyridine rings is 2. The Labute approximate surface area is 127 Å². The molecule has 4 heteroatoms. The number of nitrogens with zero attached hydrogens (tertiary/aromatic N) is 3. The van der Waals surface area contributed by atoms with Gasteiger partial charge in [-0.2, -0.15) is 0 Å². The zero-order valence-electron chi connectivity index (χ0n) is 12.2. The van der Waals surface area contributed by atoms with Gasteiger partial charge in [-0.1, -0.05) is 6.42 Å². The van der Waals surface area contributed by atoms with E-state index in [-0.39, 0.29) is 0 Å². The van der Waals surface area contributed by atoms with E-state index in [0.29, 0.717) is 5.92 Å². The molecular weight excluding hydrogens is 272 g/mol. The monoisotopic (exact) mass is 288 g/mol. The normalized spacial score (nSPS) is 15.5. The molecule has 0 radical (unpaired) electrons. The Morgan fingerprint density at radius 2 is 2.09 bits per heavy atom. The molecule has 4 heterocycles. The Morgan fingerprint density at radius 1 is 1.14 bits per heavy atom. The average Bonchev–Trinajstić information content (AvgIpc) is 3.10. The maximum absolute atomic E-state index is 4.82. The van der Waals surface area contributed by atoms with Gasteiger partial charge in [0.05, 0.1) is 0 Å². The number of rotatable bonds is 2. The van der Waals surface area contributed by atoms with Crippen molar-refractivity contribution < 1.29 is 0 Å².